The number of H-pyrrole nitrogens is 1. The molecular weight excluding hydrogens is 433 g/mol. The molecule has 152 valence electrons. The van der Waals surface area contributed by atoms with Crippen LogP contribution >= 0.6 is 0 Å². The average Bonchev–Trinajstić information content (AvgIpc) is 3.07. The van der Waals surface area contributed by atoms with Crippen LogP contribution in [0.4, 0.5) is 0 Å². The Morgan fingerprint density at radius 3 is 1.81 bits per heavy atom. The third-order valence-electron chi connectivity index (χ3n) is 6.40. The van der Waals surface area contributed by atoms with E-state index in [9.17, 15) is 0 Å². The van der Waals surface area contributed by atoms with Gasteiger partial charge < -0.3 is 0 Å². The molecule has 0 saturated carbocycles. The van der Waals surface area contributed by atoms with E-state index in [0.29, 0.717) is 0 Å². The molecule has 2 rings (SSSR count). The van der Waals surface area contributed by atoms with Gasteiger partial charge in [0.2, 0.25) is 0 Å². The average molecular weight is 476 g/mol. The van der Waals surface area contributed by atoms with E-state index < -0.39 is 18.4 Å². The van der Waals surface area contributed by atoms with Gasteiger partial charge in [-0.25, -0.2) is 0 Å². The van der Waals surface area contributed by atoms with Crippen molar-refractivity contribution in [3.63, 3.8) is 0 Å². The number of aromatic nitrogens is 1. The predicted molar refractivity (Wildman–Crippen MR) is 126 cm³/mol. The van der Waals surface area contributed by atoms with Crippen LogP contribution in [0.15, 0.2) is 24.3 Å². The third kappa shape index (κ3) is 6.02. The molecule has 2 aromatic rings. The molecule has 0 aliphatic carbocycles. The number of aromatic amines is 1. The minimum absolute atomic E-state index is 1.29. The molecule has 0 bridgehead atoms. The first-order valence-corrected chi connectivity index (χ1v) is 19.3. The number of aryl methyl sites for hydroxylation is 1. The number of hydrogen-bond acceptors (Lipinski definition) is 0. The van der Waals surface area contributed by atoms with Gasteiger partial charge in [-0.15, -0.1) is 0 Å². The summed E-state index contributed by atoms with van der Waals surface area (Å²) in [6.07, 6.45) is 13.7. The van der Waals surface area contributed by atoms with Crippen molar-refractivity contribution in [1.29, 1.82) is 0 Å². The molecule has 0 amide bonds. The van der Waals surface area contributed by atoms with Crippen molar-refractivity contribution in [2.24, 2.45) is 0 Å². The summed E-state index contributed by atoms with van der Waals surface area (Å²) in [6, 6.07) is 9.15. The monoisotopic (exact) mass is 477 g/mol. The van der Waals surface area contributed by atoms with Crippen LogP contribution in [-0.4, -0.2) is 23.4 Å². The van der Waals surface area contributed by atoms with Crippen LogP contribution in [0.5, 0.6) is 0 Å². The fourth-order valence-electron chi connectivity index (χ4n) is 4.76. The Morgan fingerprint density at radius 1 is 0.704 bits per heavy atom. The zero-order chi connectivity index (χ0) is 19.5. The van der Waals surface area contributed by atoms with Gasteiger partial charge >= 0.3 is 173 Å². The molecule has 2 heteroatoms. The first-order valence-electron chi connectivity index (χ1n) is 11.8. The van der Waals surface area contributed by atoms with E-state index in [-0.39, 0.29) is 0 Å². The molecule has 0 aliphatic rings. The third-order valence-corrected chi connectivity index (χ3v) is 21.9. The molecule has 1 heterocycles. The second-order valence-electron chi connectivity index (χ2n) is 8.57. The second-order valence-corrected chi connectivity index (χ2v) is 21.6. The van der Waals surface area contributed by atoms with Gasteiger partial charge in [0.1, 0.15) is 0 Å². The zero-order valence-electron chi connectivity index (χ0n) is 18.5. The summed E-state index contributed by atoms with van der Waals surface area (Å²) < 4.78 is 6.48. The van der Waals surface area contributed by atoms with E-state index in [1.54, 1.807) is 18.9 Å². The summed E-state index contributed by atoms with van der Waals surface area (Å²) >= 11 is -2.41. The molecule has 27 heavy (non-hydrogen) atoms. The van der Waals surface area contributed by atoms with E-state index in [1.165, 1.54) is 75.1 Å². The summed E-state index contributed by atoms with van der Waals surface area (Å²) in [5.41, 5.74) is 3.14. The molecule has 0 atom stereocenters. The first-order chi connectivity index (χ1) is 13.2. The molecule has 1 nitrogen and oxygen atoms in total. The molecule has 1 aromatic heterocycles. The van der Waals surface area contributed by atoms with Gasteiger partial charge in [-0.1, -0.05) is 0 Å². The fourth-order valence-corrected chi connectivity index (χ4v) is 21.6. The number of unbranched alkanes of at least 4 members (excludes halogenated alkanes) is 5. The molecular formula is C25H43NSn. The van der Waals surface area contributed by atoms with E-state index in [1.807, 2.05) is 3.71 Å². The zero-order valence-corrected chi connectivity index (χ0v) is 21.4. The number of nitrogens with one attached hydrogen (secondary N) is 1. The number of hydrogen-bond donors (Lipinski definition) is 1. The van der Waals surface area contributed by atoms with Crippen molar-refractivity contribution in [1.82, 2.24) is 4.98 Å². The van der Waals surface area contributed by atoms with Crippen molar-refractivity contribution < 1.29 is 0 Å². The van der Waals surface area contributed by atoms with E-state index in [2.05, 4.69) is 56.9 Å². The summed E-state index contributed by atoms with van der Waals surface area (Å²) in [7, 11) is 0. The van der Waals surface area contributed by atoms with Crippen molar-refractivity contribution >= 4 is 33.0 Å². The van der Waals surface area contributed by atoms with Crippen LogP contribution in [0.25, 0.3) is 10.9 Å². The molecule has 0 fully saturated rings. The van der Waals surface area contributed by atoms with Gasteiger partial charge in [0, 0.05) is 0 Å². The van der Waals surface area contributed by atoms with Gasteiger partial charge in [0.15, 0.2) is 0 Å². The van der Waals surface area contributed by atoms with Crippen LogP contribution in [0.2, 0.25) is 13.3 Å². The SMILES string of the molecule is CCCCCc1[c]([Sn]([CH2]CCC)([CH2]CCC)[CH2]CCC)[nH]c2ccccc12. The topological polar surface area (TPSA) is 15.8 Å². The van der Waals surface area contributed by atoms with Gasteiger partial charge in [-0.05, 0) is 0 Å². The normalized spacial score (nSPS) is 12.1. The summed E-state index contributed by atoms with van der Waals surface area (Å²) in [5, 5.41) is 1.54. The first kappa shape index (κ1) is 22.8. The van der Waals surface area contributed by atoms with Crippen LogP contribution in [0.1, 0.15) is 91.0 Å². The van der Waals surface area contributed by atoms with E-state index >= 15 is 0 Å². The Balaban J connectivity index is 2.52. The number of rotatable bonds is 14. The Kier molecular flexibility index (Phi) is 10.3. The van der Waals surface area contributed by atoms with Gasteiger partial charge in [0.05, 0.1) is 0 Å². The quantitative estimate of drug-likeness (QED) is 0.210. The number of para-hydroxylation sites is 1. The van der Waals surface area contributed by atoms with Crippen LogP contribution in [0.3, 0.4) is 0 Å². The molecule has 0 aliphatic heterocycles. The Morgan fingerprint density at radius 2 is 1.26 bits per heavy atom. The molecule has 0 unspecified atom stereocenters. The number of benzene rings is 1. The molecule has 1 aromatic carbocycles. The van der Waals surface area contributed by atoms with Crippen molar-refractivity contribution in [2.75, 3.05) is 0 Å². The molecule has 0 saturated heterocycles. The maximum atomic E-state index is 4.05. The summed E-state index contributed by atoms with van der Waals surface area (Å²) in [4.78, 5) is 4.05. The number of fused-ring (bicyclic) bond motifs is 1. The van der Waals surface area contributed by atoms with Gasteiger partial charge in [0.25, 0.3) is 0 Å². The van der Waals surface area contributed by atoms with Gasteiger partial charge in [-0.2, -0.15) is 0 Å². The van der Waals surface area contributed by atoms with Crippen LogP contribution < -0.4 is 3.71 Å². The summed E-state index contributed by atoms with van der Waals surface area (Å²) in [5.74, 6) is 0. The maximum absolute atomic E-state index is 4.05. The molecule has 0 spiro atoms. The molecule has 0 radical (unpaired) electrons. The van der Waals surface area contributed by atoms with Crippen molar-refractivity contribution in [3.05, 3.63) is 29.8 Å². The van der Waals surface area contributed by atoms with Crippen LogP contribution in [0, 0.1) is 0 Å². The predicted octanol–water partition coefficient (Wildman–Crippen LogP) is 7.96. The Hall–Kier alpha value is -0.441. The van der Waals surface area contributed by atoms with Crippen LogP contribution in [-0.2, 0) is 6.42 Å². The van der Waals surface area contributed by atoms with Crippen molar-refractivity contribution in [3.8, 4) is 0 Å². The van der Waals surface area contributed by atoms with E-state index in [4.69, 9.17) is 0 Å². The Labute approximate surface area is 172 Å². The standard InChI is InChI=1S/C13H16N.3C4H9.Sn/c1-2-3-4-7-11-10-14-13-9-6-5-8-12(11)13;3*1-3-4-2;/h5-6,8-9,14H,2-4,7H2,1H3;3*1,3-4H2,2H3;. The van der Waals surface area contributed by atoms with Crippen molar-refractivity contribution in [2.45, 2.75) is 105 Å². The summed E-state index contributed by atoms with van der Waals surface area (Å²) in [6.45, 7) is 9.46. The fraction of sp³-hybridized carbons (Fsp3) is 0.680. The van der Waals surface area contributed by atoms with E-state index in [0.717, 1.165) is 0 Å². The second kappa shape index (κ2) is 12.2. The molecule has 1 N–H and O–H groups in total. The minimum atomic E-state index is -2.41. The Bertz CT molecular complexity index is 636. The van der Waals surface area contributed by atoms with Gasteiger partial charge in [-0.3, -0.25) is 0 Å².